The van der Waals surface area contributed by atoms with Crippen molar-refractivity contribution in [2.75, 3.05) is 0 Å². The first-order chi connectivity index (χ1) is 4.85. The smallest absolute Gasteiger partial charge is 0.242 e. The molecule has 0 saturated carbocycles. The molecule has 0 aliphatic rings. The van der Waals surface area contributed by atoms with Crippen molar-refractivity contribution in [3.63, 3.8) is 0 Å². The Kier molecular flexibility index (Phi) is 4.59. The molecule has 0 unspecified atom stereocenters. The summed E-state index contributed by atoms with van der Waals surface area (Å²) in [6.07, 6.45) is 0. The molecule has 3 N–H and O–H groups in total. The SMILES string of the molecule is N=C=N[SiH](N=C=N)N=C=N. The van der Waals surface area contributed by atoms with Crippen LogP contribution in [0.3, 0.4) is 0 Å². The van der Waals surface area contributed by atoms with E-state index in [4.69, 9.17) is 16.2 Å². The van der Waals surface area contributed by atoms with Crippen molar-refractivity contribution in [2.45, 2.75) is 0 Å². The summed E-state index contributed by atoms with van der Waals surface area (Å²) in [6.45, 7) is 0. The van der Waals surface area contributed by atoms with Gasteiger partial charge in [0.05, 0.1) is 18.0 Å². The first-order valence-electron chi connectivity index (χ1n) is 2.20. The third-order valence-corrected chi connectivity index (χ3v) is 1.62. The van der Waals surface area contributed by atoms with Gasteiger partial charge in [-0.15, -0.1) is 0 Å². The fourth-order valence-corrected chi connectivity index (χ4v) is 0.779. The molecule has 0 aliphatic heterocycles. The lowest BCUT2D eigenvalue weighted by Gasteiger charge is -1.84. The Morgan fingerprint density at radius 1 is 0.800 bits per heavy atom. The van der Waals surface area contributed by atoms with Crippen LogP contribution in [0.15, 0.2) is 14.0 Å². The van der Waals surface area contributed by atoms with Crippen LogP contribution >= 0.6 is 0 Å². The van der Waals surface area contributed by atoms with Crippen LogP contribution in [0.25, 0.3) is 0 Å². The summed E-state index contributed by atoms with van der Waals surface area (Å²) in [7, 11) is -2.25. The van der Waals surface area contributed by atoms with Crippen molar-refractivity contribution in [3.05, 3.63) is 0 Å². The van der Waals surface area contributed by atoms with Crippen LogP contribution < -0.4 is 0 Å². The second-order valence-electron chi connectivity index (χ2n) is 1.07. The number of hydrogen-bond donors (Lipinski definition) is 3. The van der Waals surface area contributed by atoms with E-state index in [9.17, 15) is 0 Å². The van der Waals surface area contributed by atoms with Crippen molar-refractivity contribution in [2.24, 2.45) is 14.0 Å². The van der Waals surface area contributed by atoms with E-state index in [1.807, 2.05) is 0 Å². The summed E-state index contributed by atoms with van der Waals surface area (Å²) in [6, 6.07) is 5.22. The predicted molar refractivity (Wildman–Crippen MR) is 37.6 cm³/mol. The van der Waals surface area contributed by atoms with E-state index in [0.29, 0.717) is 0 Å². The molecule has 0 rings (SSSR count). The predicted octanol–water partition coefficient (Wildman–Crippen LogP) is -0.0384. The van der Waals surface area contributed by atoms with Gasteiger partial charge in [0, 0.05) is 0 Å². The van der Waals surface area contributed by atoms with E-state index in [1.165, 1.54) is 0 Å². The largest absolute Gasteiger partial charge is 0.446 e. The molecule has 0 aromatic heterocycles. The van der Waals surface area contributed by atoms with Crippen LogP contribution in [0.4, 0.5) is 0 Å². The van der Waals surface area contributed by atoms with Gasteiger partial charge in [0.15, 0.2) is 0 Å². The molecule has 6 nitrogen and oxygen atoms in total. The summed E-state index contributed by atoms with van der Waals surface area (Å²) in [5.74, 6) is 0. The number of nitrogens with one attached hydrogen (secondary N) is 3. The maximum Gasteiger partial charge on any atom is 0.446 e. The average molecular weight is 152 g/mol. The van der Waals surface area contributed by atoms with Crippen LogP contribution in [-0.4, -0.2) is 27.3 Å². The van der Waals surface area contributed by atoms with E-state index >= 15 is 0 Å². The molecule has 0 bridgehead atoms. The molecule has 0 radical (unpaired) electrons. The lowest BCUT2D eigenvalue weighted by Crippen LogP contribution is -2.00. The highest BCUT2D eigenvalue weighted by atomic mass is 28.3. The van der Waals surface area contributed by atoms with Gasteiger partial charge in [-0.1, -0.05) is 0 Å². The van der Waals surface area contributed by atoms with E-state index in [-0.39, 0.29) is 0 Å². The summed E-state index contributed by atoms with van der Waals surface area (Å²) < 4.78 is 10.1. The Morgan fingerprint density at radius 2 is 1.10 bits per heavy atom. The highest BCUT2D eigenvalue weighted by molar-refractivity contribution is 6.55. The molecule has 0 atom stereocenters. The minimum absolute atomic E-state index is 1.74. The fraction of sp³-hybridized carbons (Fsp3) is 0. The molecule has 0 spiro atoms. The molecule has 7 heteroatoms. The van der Waals surface area contributed by atoms with Crippen LogP contribution in [0.2, 0.25) is 0 Å². The summed E-state index contributed by atoms with van der Waals surface area (Å²) >= 11 is 0. The van der Waals surface area contributed by atoms with Crippen molar-refractivity contribution >= 4 is 27.3 Å². The topological polar surface area (TPSA) is 109 Å². The third-order valence-electron chi connectivity index (χ3n) is 0.540. The highest BCUT2D eigenvalue weighted by Crippen LogP contribution is 1.83. The molecule has 0 saturated heterocycles. The fourth-order valence-electron chi connectivity index (χ4n) is 0.260. The van der Waals surface area contributed by atoms with E-state index in [0.717, 1.165) is 0 Å². The Bertz CT molecular complexity index is 197. The Labute approximate surface area is 58.4 Å². The second-order valence-corrected chi connectivity index (χ2v) is 2.54. The highest BCUT2D eigenvalue weighted by Gasteiger charge is 2.01. The lowest BCUT2D eigenvalue weighted by atomic mass is 11.6. The van der Waals surface area contributed by atoms with E-state index in [1.54, 1.807) is 18.0 Å². The van der Waals surface area contributed by atoms with Gasteiger partial charge in [-0.3, -0.25) is 0 Å². The minimum Gasteiger partial charge on any atom is -0.242 e. The van der Waals surface area contributed by atoms with Crippen LogP contribution in [-0.2, 0) is 0 Å². The summed E-state index contributed by atoms with van der Waals surface area (Å²) in [5, 5.41) is 19.2. The van der Waals surface area contributed by atoms with Crippen molar-refractivity contribution in [3.8, 4) is 0 Å². The Morgan fingerprint density at radius 3 is 1.30 bits per heavy atom. The van der Waals surface area contributed by atoms with Crippen molar-refractivity contribution in [1.82, 2.24) is 0 Å². The van der Waals surface area contributed by atoms with Crippen LogP contribution in [0, 0.1) is 16.2 Å². The molecule has 10 heavy (non-hydrogen) atoms. The zero-order chi connectivity index (χ0) is 7.82. The molecular formula is C3H4N6Si. The van der Waals surface area contributed by atoms with Crippen LogP contribution in [0.1, 0.15) is 0 Å². The lowest BCUT2D eigenvalue weighted by molar-refractivity contribution is 1.46. The van der Waals surface area contributed by atoms with Gasteiger partial charge < -0.3 is 0 Å². The molecule has 0 amide bonds. The summed E-state index contributed by atoms with van der Waals surface area (Å²) in [5.41, 5.74) is 0. The van der Waals surface area contributed by atoms with Gasteiger partial charge in [0.25, 0.3) is 0 Å². The second kappa shape index (κ2) is 5.49. The molecule has 0 aromatic rings. The maximum absolute atomic E-state index is 6.41. The van der Waals surface area contributed by atoms with Crippen molar-refractivity contribution in [1.29, 1.82) is 16.2 Å². The van der Waals surface area contributed by atoms with E-state index < -0.39 is 9.28 Å². The third kappa shape index (κ3) is 3.37. The number of nitrogens with zero attached hydrogens (tertiary/aromatic N) is 3. The zero-order valence-corrected chi connectivity index (χ0v) is 6.07. The first-order valence-corrected chi connectivity index (χ1v) is 3.74. The molecule has 0 fully saturated rings. The van der Waals surface area contributed by atoms with Gasteiger partial charge in [-0.05, 0) is 0 Å². The molecule has 0 aromatic carbocycles. The molecule has 50 valence electrons. The molecule has 0 aliphatic carbocycles. The average Bonchev–Trinajstić information content (AvgIpc) is 1.90. The monoisotopic (exact) mass is 152 g/mol. The molecular weight excluding hydrogens is 148 g/mol. The number of hydrogen-bond acceptors (Lipinski definition) is 6. The Hall–Kier alpha value is -1.64. The van der Waals surface area contributed by atoms with Gasteiger partial charge in [-0.2, -0.15) is 0 Å². The quantitative estimate of drug-likeness (QED) is 0.372. The van der Waals surface area contributed by atoms with Gasteiger partial charge in [-0.25, -0.2) is 30.2 Å². The normalized spacial score (nSPS) is 9.60. The maximum atomic E-state index is 6.41. The molecule has 0 heterocycles. The minimum atomic E-state index is -2.25. The zero-order valence-electron chi connectivity index (χ0n) is 4.92. The Balaban J connectivity index is 4.39. The standard InChI is InChI=1S/C3H4N6Si/c4-1-7-10(8-2-5)9-3-6/h4-6,10H. The first kappa shape index (κ1) is 8.36. The number of rotatable bonds is 3. The van der Waals surface area contributed by atoms with Gasteiger partial charge >= 0.3 is 9.28 Å². The van der Waals surface area contributed by atoms with Gasteiger partial charge in [0.1, 0.15) is 0 Å². The van der Waals surface area contributed by atoms with Gasteiger partial charge in [0.2, 0.25) is 0 Å². The van der Waals surface area contributed by atoms with Crippen molar-refractivity contribution < 1.29 is 0 Å². The van der Waals surface area contributed by atoms with E-state index in [2.05, 4.69) is 14.0 Å². The van der Waals surface area contributed by atoms with Crippen LogP contribution in [0.5, 0.6) is 0 Å². The summed E-state index contributed by atoms with van der Waals surface area (Å²) in [4.78, 5) is 0.